The Labute approximate surface area is 128 Å². The van der Waals surface area contributed by atoms with Crippen LogP contribution in [0.25, 0.3) is 0 Å². The molecule has 1 rings (SSSR count). The largest absolute Gasteiger partial charge is 0.355 e. The van der Waals surface area contributed by atoms with Gasteiger partial charge in [0.15, 0.2) is 0 Å². The fourth-order valence-corrected chi connectivity index (χ4v) is 1.99. The number of rotatable bonds is 9. The molecule has 0 radical (unpaired) electrons. The standard InChI is InChI=1S/C16H28N4O/c1-5-18-16(21)12-20(6-2)15-8-7-14(11-19-15)10-17-9-13(3)4/h7-8,11,13,17H,5-6,9-10,12H2,1-4H3,(H,18,21). The highest BCUT2D eigenvalue weighted by atomic mass is 16.2. The fourth-order valence-electron chi connectivity index (χ4n) is 1.99. The van der Waals surface area contributed by atoms with Gasteiger partial charge in [-0.2, -0.15) is 0 Å². The average molecular weight is 292 g/mol. The second-order valence-corrected chi connectivity index (χ2v) is 5.52. The molecule has 1 heterocycles. The van der Waals surface area contributed by atoms with Gasteiger partial charge in [0, 0.05) is 25.8 Å². The van der Waals surface area contributed by atoms with Crippen molar-refractivity contribution in [3.05, 3.63) is 23.9 Å². The number of hydrogen-bond acceptors (Lipinski definition) is 4. The van der Waals surface area contributed by atoms with Crippen LogP contribution in [0.2, 0.25) is 0 Å². The summed E-state index contributed by atoms with van der Waals surface area (Å²) in [5.74, 6) is 1.52. The predicted octanol–water partition coefficient (Wildman–Crippen LogP) is 1.79. The Morgan fingerprint density at radius 1 is 1.33 bits per heavy atom. The van der Waals surface area contributed by atoms with Gasteiger partial charge in [-0.05, 0) is 37.9 Å². The third-order valence-electron chi connectivity index (χ3n) is 3.10. The first kappa shape index (κ1) is 17.4. The van der Waals surface area contributed by atoms with Gasteiger partial charge in [0.05, 0.1) is 6.54 Å². The van der Waals surface area contributed by atoms with E-state index in [0.717, 1.165) is 31.0 Å². The molecule has 0 unspecified atom stereocenters. The van der Waals surface area contributed by atoms with Crippen LogP contribution in [0.4, 0.5) is 5.82 Å². The Bertz CT molecular complexity index is 417. The molecule has 0 spiro atoms. The molecule has 0 aliphatic carbocycles. The van der Waals surface area contributed by atoms with Crippen molar-refractivity contribution in [2.45, 2.75) is 34.2 Å². The van der Waals surface area contributed by atoms with Gasteiger partial charge in [0.2, 0.25) is 5.91 Å². The van der Waals surface area contributed by atoms with Crippen molar-refractivity contribution in [3.8, 4) is 0 Å². The Morgan fingerprint density at radius 3 is 2.62 bits per heavy atom. The predicted molar refractivity (Wildman–Crippen MR) is 87.4 cm³/mol. The van der Waals surface area contributed by atoms with Gasteiger partial charge >= 0.3 is 0 Å². The topological polar surface area (TPSA) is 57.3 Å². The highest BCUT2D eigenvalue weighted by Crippen LogP contribution is 2.11. The Balaban J connectivity index is 2.56. The van der Waals surface area contributed by atoms with Crippen LogP contribution in [0.1, 0.15) is 33.3 Å². The maximum atomic E-state index is 11.7. The number of amides is 1. The van der Waals surface area contributed by atoms with Crippen LogP contribution in [0.15, 0.2) is 18.3 Å². The molecule has 0 saturated carbocycles. The molecule has 1 aromatic rings. The second-order valence-electron chi connectivity index (χ2n) is 5.52. The van der Waals surface area contributed by atoms with E-state index >= 15 is 0 Å². The van der Waals surface area contributed by atoms with Gasteiger partial charge in [0.1, 0.15) is 5.82 Å². The van der Waals surface area contributed by atoms with Crippen LogP contribution < -0.4 is 15.5 Å². The number of likely N-dealkylation sites (N-methyl/N-ethyl adjacent to an activating group) is 2. The number of anilines is 1. The summed E-state index contributed by atoms with van der Waals surface area (Å²) in [6.07, 6.45) is 1.88. The second kappa shape index (κ2) is 9.34. The minimum absolute atomic E-state index is 0.0313. The minimum Gasteiger partial charge on any atom is -0.355 e. The first-order chi connectivity index (χ1) is 10.1. The lowest BCUT2D eigenvalue weighted by molar-refractivity contribution is -0.119. The molecular formula is C16H28N4O. The van der Waals surface area contributed by atoms with Crippen molar-refractivity contribution < 1.29 is 4.79 Å². The molecule has 0 fully saturated rings. The quantitative estimate of drug-likeness (QED) is 0.728. The number of carbonyl (C=O) groups is 1. The summed E-state index contributed by atoms with van der Waals surface area (Å²) in [5.41, 5.74) is 1.16. The van der Waals surface area contributed by atoms with E-state index in [1.54, 1.807) is 0 Å². The number of hydrogen-bond donors (Lipinski definition) is 2. The molecule has 1 amide bonds. The zero-order chi connectivity index (χ0) is 15.7. The number of pyridine rings is 1. The highest BCUT2D eigenvalue weighted by Gasteiger charge is 2.10. The smallest absolute Gasteiger partial charge is 0.239 e. The molecule has 2 N–H and O–H groups in total. The molecule has 0 saturated heterocycles. The van der Waals surface area contributed by atoms with Gasteiger partial charge < -0.3 is 15.5 Å². The molecule has 0 bridgehead atoms. The van der Waals surface area contributed by atoms with E-state index in [1.807, 2.05) is 31.0 Å². The van der Waals surface area contributed by atoms with Crippen LogP contribution in [0.5, 0.6) is 0 Å². The number of aromatic nitrogens is 1. The lowest BCUT2D eigenvalue weighted by atomic mass is 10.2. The molecule has 5 nitrogen and oxygen atoms in total. The first-order valence-corrected chi connectivity index (χ1v) is 7.74. The summed E-state index contributed by atoms with van der Waals surface area (Å²) in [7, 11) is 0. The summed E-state index contributed by atoms with van der Waals surface area (Å²) in [6, 6.07) is 4.05. The SMILES string of the molecule is CCNC(=O)CN(CC)c1ccc(CNCC(C)C)cn1. The zero-order valence-corrected chi connectivity index (χ0v) is 13.6. The van der Waals surface area contributed by atoms with Crippen LogP contribution >= 0.6 is 0 Å². The molecule has 21 heavy (non-hydrogen) atoms. The average Bonchev–Trinajstić information content (AvgIpc) is 2.45. The lowest BCUT2D eigenvalue weighted by Gasteiger charge is -2.21. The maximum Gasteiger partial charge on any atom is 0.239 e. The summed E-state index contributed by atoms with van der Waals surface area (Å²) < 4.78 is 0. The Kier molecular flexibility index (Phi) is 7.75. The van der Waals surface area contributed by atoms with Gasteiger partial charge in [-0.15, -0.1) is 0 Å². The van der Waals surface area contributed by atoms with Crippen LogP contribution in [0, 0.1) is 5.92 Å². The summed E-state index contributed by atoms with van der Waals surface area (Å²) >= 11 is 0. The van der Waals surface area contributed by atoms with Gasteiger partial charge in [-0.1, -0.05) is 19.9 Å². The van der Waals surface area contributed by atoms with Gasteiger partial charge in [0.25, 0.3) is 0 Å². The van der Waals surface area contributed by atoms with Crippen LogP contribution in [-0.4, -0.2) is 37.1 Å². The van der Waals surface area contributed by atoms with Crippen molar-refractivity contribution in [1.29, 1.82) is 0 Å². The molecule has 0 aliphatic heterocycles. The number of carbonyl (C=O) groups excluding carboxylic acids is 1. The van der Waals surface area contributed by atoms with Crippen molar-refractivity contribution in [2.24, 2.45) is 5.92 Å². The summed E-state index contributed by atoms with van der Waals surface area (Å²) in [5, 5.41) is 6.21. The lowest BCUT2D eigenvalue weighted by Crippen LogP contribution is -2.37. The minimum atomic E-state index is 0.0313. The van der Waals surface area contributed by atoms with Gasteiger partial charge in [-0.25, -0.2) is 4.98 Å². The Hall–Kier alpha value is -1.62. The van der Waals surface area contributed by atoms with Gasteiger partial charge in [-0.3, -0.25) is 4.79 Å². The fraction of sp³-hybridized carbons (Fsp3) is 0.625. The van der Waals surface area contributed by atoms with E-state index in [1.165, 1.54) is 0 Å². The maximum absolute atomic E-state index is 11.7. The van der Waals surface area contributed by atoms with E-state index in [4.69, 9.17) is 0 Å². The van der Waals surface area contributed by atoms with Crippen LogP contribution in [-0.2, 0) is 11.3 Å². The van der Waals surface area contributed by atoms with Crippen molar-refractivity contribution in [3.63, 3.8) is 0 Å². The van der Waals surface area contributed by atoms with E-state index in [0.29, 0.717) is 19.0 Å². The molecule has 0 atom stereocenters. The first-order valence-electron chi connectivity index (χ1n) is 7.74. The van der Waals surface area contributed by atoms with E-state index in [9.17, 15) is 4.79 Å². The summed E-state index contributed by atoms with van der Waals surface area (Å²) in [4.78, 5) is 18.1. The molecule has 1 aromatic heterocycles. The molecule has 118 valence electrons. The van der Waals surface area contributed by atoms with Crippen molar-refractivity contribution in [1.82, 2.24) is 15.6 Å². The molecule has 0 aromatic carbocycles. The van der Waals surface area contributed by atoms with E-state index < -0.39 is 0 Å². The molecule has 5 heteroatoms. The van der Waals surface area contributed by atoms with Crippen molar-refractivity contribution >= 4 is 11.7 Å². The van der Waals surface area contributed by atoms with E-state index in [-0.39, 0.29) is 5.91 Å². The number of nitrogens with zero attached hydrogens (tertiary/aromatic N) is 2. The monoisotopic (exact) mass is 292 g/mol. The third kappa shape index (κ3) is 6.58. The van der Waals surface area contributed by atoms with Crippen molar-refractivity contribution in [2.75, 3.05) is 31.1 Å². The number of nitrogens with one attached hydrogen (secondary N) is 2. The normalized spacial score (nSPS) is 10.7. The van der Waals surface area contributed by atoms with E-state index in [2.05, 4.69) is 35.5 Å². The van der Waals surface area contributed by atoms with Crippen LogP contribution in [0.3, 0.4) is 0 Å². The molecule has 0 aliphatic rings. The Morgan fingerprint density at radius 2 is 2.10 bits per heavy atom. The zero-order valence-electron chi connectivity index (χ0n) is 13.6. The third-order valence-corrected chi connectivity index (χ3v) is 3.10. The summed E-state index contributed by atoms with van der Waals surface area (Å²) in [6.45, 7) is 11.9. The molecular weight excluding hydrogens is 264 g/mol. The highest BCUT2D eigenvalue weighted by molar-refractivity contribution is 5.80.